The smallest absolute Gasteiger partial charge is 0.312 e. The van der Waals surface area contributed by atoms with E-state index in [1.54, 1.807) is 0 Å². The summed E-state index contributed by atoms with van der Waals surface area (Å²) in [6, 6.07) is -0.196. The third kappa shape index (κ3) is 3.48. The zero-order valence-electron chi connectivity index (χ0n) is 9.86. The Morgan fingerprint density at radius 1 is 1.06 bits per heavy atom. The van der Waals surface area contributed by atoms with Crippen molar-refractivity contribution in [3.63, 3.8) is 0 Å². The molecule has 3 nitrogen and oxygen atoms in total. The van der Waals surface area contributed by atoms with Gasteiger partial charge in [-0.1, -0.05) is 30.4 Å². The molecule has 0 saturated heterocycles. The topological polar surface area (TPSA) is 41.1 Å². The molecule has 0 aromatic heterocycles. The molecule has 2 N–H and O–H groups in total. The number of fused-ring (bicyclic) bond motifs is 1. The number of urea groups is 1. The van der Waals surface area contributed by atoms with Gasteiger partial charge in [-0.2, -0.15) is 0 Å². The molecule has 0 saturated carbocycles. The number of carbonyl (C=O) groups is 1. The van der Waals surface area contributed by atoms with Crippen LogP contribution in [-0.2, 0) is 0 Å². The molecule has 0 radical (unpaired) electrons. The van der Waals surface area contributed by atoms with Crippen LogP contribution in [0.5, 0.6) is 0 Å². The molecular formula is C14H16N2O. The maximum absolute atomic E-state index is 11.7. The number of nitrogens with one attached hydrogen (secondary N) is 2. The molecular weight excluding hydrogens is 212 g/mol. The zero-order valence-corrected chi connectivity index (χ0v) is 9.86. The Hall–Kier alpha value is -2.03. The minimum Gasteiger partial charge on any atom is -0.312 e. The highest BCUT2D eigenvalue weighted by Gasteiger charge is 2.05. The van der Waals surface area contributed by atoms with E-state index in [0.29, 0.717) is 0 Å². The molecule has 0 atom stereocenters. The van der Waals surface area contributed by atoms with Crippen LogP contribution in [0.4, 0.5) is 4.79 Å². The monoisotopic (exact) mass is 228 g/mol. The van der Waals surface area contributed by atoms with Crippen LogP contribution < -0.4 is 10.6 Å². The van der Waals surface area contributed by atoms with Gasteiger partial charge in [0.2, 0.25) is 0 Å². The number of amides is 2. The van der Waals surface area contributed by atoms with E-state index < -0.39 is 0 Å². The summed E-state index contributed by atoms with van der Waals surface area (Å²) in [6.45, 7) is 1.88. The fourth-order valence-electron chi connectivity index (χ4n) is 1.72. The molecule has 17 heavy (non-hydrogen) atoms. The summed E-state index contributed by atoms with van der Waals surface area (Å²) in [5, 5.41) is 5.61. The molecule has 2 amide bonds. The van der Waals surface area contributed by atoms with E-state index in [9.17, 15) is 4.79 Å². The lowest BCUT2D eigenvalue weighted by atomic mass is 10.2. The summed E-state index contributed by atoms with van der Waals surface area (Å²) in [6.07, 6.45) is 15.9. The highest BCUT2D eigenvalue weighted by Crippen LogP contribution is 2.12. The van der Waals surface area contributed by atoms with Gasteiger partial charge in [-0.25, -0.2) is 4.79 Å². The highest BCUT2D eigenvalue weighted by molar-refractivity contribution is 5.78. The quantitative estimate of drug-likeness (QED) is 0.657. The highest BCUT2D eigenvalue weighted by atomic mass is 16.2. The maximum atomic E-state index is 11.7. The lowest BCUT2D eigenvalue weighted by Gasteiger charge is -2.07. The van der Waals surface area contributed by atoms with Crippen LogP contribution in [0.25, 0.3) is 0 Å². The average molecular weight is 228 g/mol. The molecule has 0 aromatic carbocycles. The largest absolute Gasteiger partial charge is 0.323 e. The summed E-state index contributed by atoms with van der Waals surface area (Å²) in [4.78, 5) is 11.7. The third-order valence-corrected chi connectivity index (χ3v) is 2.55. The average Bonchev–Trinajstić information content (AvgIpc) is 2.50. The second-order valence-electron chi connectivity index (χ2n) is 4.05. The van der Waals surface area contributed by atoms with Crippen molar-refractivity contribution in [2.24, 2.45) is 0 Å². The van der Waals surface area contributed by atoms with E-state index in [-0.39, 0.29) is 6.03 Å². The first-order chi connectivity index (χ1) is 8.24. The molecule has 2 bridgehead atoms. The van der Waals surface area contributed by atoms with Gasteiger partial charge in [-0.15, -0.1) is 0 Å². The Kier molecular flexibility index (Phi) is 3.60. The molecule has 1 heterocycles. The lowest BCUT2D eigenvalue weighted by Crippen LogP contribution is -2.33. The van der Waals surface area contributed by atoms with Gasteiger partial charge in [0.25, 0.3) is 0 Å². The van der Waals surface area contributed by atoms with Crippen LogP contribution in [0, 0.1) is 0 Å². The molecule has 0 aromatic rings. The zero-order chi connectivity index (χ0) is 12.1. The number of allylic oxidation sites excluding steroid dienone is 9. The summed E-state index contributed by atoms with van der Waals surface area (Å²) in [7, 11) is 0. The van der Waals surface area contributed by atoms with Gasteiger partial charge < -0.3 is 10.6 Å². The van der Waals surface area contributed by atoms with E-state index in [0.717, 1.165) is 29.8 Å². The molecule has 2 rings (SSSR count). The first-order valence-corrected chi connectivity index (χ1v) is 5.74. The molecule has 3 heteroatoms. The van der Waals surface area contributed by atoms with Crippen molar-refractivity contribution in [2.45, 2.75) is 19.8 Å². The van der Waals surface area contributed by atoms with Crippen LogP contribution in [-0.4, -0.2) is 6.03 Å². The Morgan fingerprint density at radius 2 is 1.82 bits per heavy atom. The van der Waals surface area contributed by atoms with Gasteiger partial charge in [0.1, 0.15) is 0 Å². The molecule has 0 spiro atoms. The van der Waals surface area contributed by atoms with E-state index in [1.165, 1.54) is 0 Å². The summed E-state index contributed by atoms with van der Waals surface area (Å²) in [5.41, 5.74) is 2.80. The molecule has 1 aliphatic heterocycles. The normalized spacial score (nSPS) is 25.0. The van der Waals surface area contributed by atoms with E-state index in [1.807, 2.05) is 31.2 Å². The van der Waals surface area contributed by atoms with Gasteiger partial charge in [0.15, 0.2) is 0 Å². The van der Waals surface area contributed by atoms with Crippen LogP contribution in [0.1, 0.15) is 19.8 Å². The second kappa shape index (κ2) is 5.34. The van der Waals surface area contributed by atoms with Gasteiger partial charge in [0.05, 0.1) is 0 Å². The van der Waals surface area contributed by atoms with Crippen LogP contribution >= 0.6 is 0 Å². The van der Waals surface area contributed by atoms with E-state index in [4.69, 9.17) is 0 Å². The Bertz CT molecular complexity index is 465. The van der Waals surface area contributed by atoms with E-state index in [2.05, 4.69) is 28.9 Å². The summed E-state index contributed by atoms with van der Waals surface area (Å²) in [5.74, 6) is 0. The Balaban J connectivity index is 2.29. The van der Waals surface area contributed by atoms with Crippen molar-refractivity contribution in [1.82, 2.24) is 10.6 Å². The van der Waals surface area contributed by atoms with Gasteiger partial charge in [-0.05, 0) is 37.5 Å². The Morgan fingerprint density at radius 3 is 2.71 bits per heavy atom. The number of carbonyl (C=O) groups excluding carboxylic acids is 1. The predicted octanol–water partition coefficient (Wildman–Crippen LogP) is 2.92. The Labute approximate surface area is 101 Å². The molecule has 88 valence electrons. The van der Waals surface area contributed by atoms with Crippen LogP contribution in [0.3, 0.4) is 0 Å². The first-order valence-electron chi connectivity index (χ1n) is 5.74. The minimum atomic E-state index is -0.196. The molecule has 0 unspecified atom stereocenters. The SMILES string of the molecule is C/C1=C\C/C=C\C2=CCC=CC(=C2)NC(=O)N1. The number of hydrogen-bond donors (Lipinski definition) is 2. The van der Waals surface area contributed by atoms with Crippen molar-refractivity contribution >= 4 is 6.03 Å². The summed E-state index contributed by atoms with van der Waals surface area (Å²) < 4.78 is 0. The maximum Gasteiger partial charge on any atom is 0.323 e. The van der Waals surface area contributed by atoms with Crippen molar-refractivity contribution in [3.05, 3.63) is 59.5 Å². The van der Waals surface area contributed by atoms with Gasteiger partial charge >= 0.3 is 6.03 Å². The van der Waals surface area contributed by atoms with E-state index >= 15 is 0 Å². The number of hydrogen-bond acceptors (Lipinski definition) is 1. The first kappa shape index (κ1) is 11.5. The second-order valence-corrected chi connectivity index (χ2v) is 4.05. The number of rotatable bonds is 0. The van der Waals surface area contributed by atoms with Crippen LogP contribution in [0.2, 0.25) is 0 Å². The minimum absolute atomic E-state index is 0.196. The van der Waals surface area contributed by atoms with Crippen molar-refractivity contribution in [3.8, 4) is 0 Å². The van der Waals surface area contributed by atoms with Gasteiger partial charge in [0, 0.05) is 11.4 Å². The van der Waals surface area contributed by atoms with Crippen molar-refractivity contribution in [1.29, 1.82) is 0 Å². The third-order valence-electron chi connectivity index (χ3n) is 2.55. The molecule has 1 aliphatic carbocycles. The van der Waals surface area contributed by atoms with Crippen molar-refractivity contribution < 1.29 is 4.79 Å². The fourth-order valence-corrected chi connectivity index (χ4v) is 1.72. The fraction of sp³-hybridized carbons (Fsp3) is 0.214. The molecule has 2 aliphatic rings. The molecule has 0 fully saturated rings. The predicted molar refractivity (Wildman–Crippen MR) is 69.1 cm³/mol. The lowest BCUT2D eigenvalue weighted by molar-refractivity contribution is 0.246. The van der Waals surface area contributed by atoms with Crippen LogP contribution in [0.15, 0.2) is 59.5 Å². The standard InChI is InChI=1S/C14H16N2O/c1-11-6-2-3-7-12-8-4-5-9-13(10-12)16-14(17)15-11/h3,5-10H,2,4H2,1H3,(H2,15,16,17)/b7-3-,11-6+. The summed E-state index contributed by atoms with van der Waals surface area (Å²) >= 11 is 0. The van der Waals surface area contributed by atoms with Crippen molar-refractivity contribution in [2.75, 3.05) is 0 Å². The van der Waals surface area contributed by atoms with Gasteiger partial charge in [-0.3, -0.25) is 0 Å².